The van der Waals surface area contributed by atoms with E-state index in [1.807, 2.05) is 0 Å². The lowest BCUT2D eigenvalue weighted by atomic mass is 10.3. The summed E-state index contributed by atoms with van der Waals surface area (Å²) in [5.74, 6) is -0.0742. The number of hydrogen-bond acceptors (Lipinski definition) is 4. The molecule has 2 aromatic heterocycles. The van der Waals surface area contributed by atoms with E-state index in [2.05, 4.69) is 14.7 Å². The Hall–Kier alpha value is -3.11. The number of fused-ring (bicyclic) bond motifs is 1. The molecule has 1 N–H and O–H groups in total. The van der Waals surface area contributed by atoms with Crippen LogP contribution in [0.5, 0.6) is 11.8 Å². The summed E-state index contributed by atoms with van der Waals surface area (Å²) in [5, 5.41) is 0.191. The minimum Gasteiger partial charge on any atom is -0.484 e. The van der Waals surface area contributed by atoms with Gasteiger partial charge in [-0.25, -0.2) is 13.3 Å². The third-order valence-electron chi connectivity index (χ3n) is 3.39. The summed E-state index contributed by atoms with van der Waals surface area (Å²) in [6.07, 6.45) is -5.82. The Morgan fingerprint density at radius 2 is 1.81 bits per heavy atom. The molecular formula is C16H12F5N3O3. The quantitative estimate of drug-likeness (QED) is 0.657. The third kappa shape index (κ3) is 4.36. The van der Waals surface area contributed by atoms with Gasteiger partial charge in [0.15, 0.2) is 13.2 Å². The maximum absolute atomic E-state index is 12.7. The van der Waals surface area contributed by atoms with Gasteiger partial charge in [0, 0.05) is 6.20 Å². The number of nitrogens with one attached hydrogen (secondary N) is 1. The van der Waals surface area contributed by atoms with Crippen LogP contribution in [0.25, 0.3) is 16.7 Å². The lowest BCUT2D eigenvalue weighted by molar-refractivity contribution is -0.153. The van der Waals surface area contributed by atoms with Crippen molar-refractivity contribution in [3.05, 3.63) is 46.9 Å². The average Bonchev–Trinajstić information content (AvgIpc) is 3.07. The molecule has 0 spiro atoms. The van der Waals surface area contributed by atoms with E-state index in [0.717, 1.165) is 4.57 Å². The van der Waals surface area contributed by atoms with E-state index in [0.29, 0.717) is 0 Å². The average molecular weight is 389 g/mol. The van der Waals surface area contributed by atoms with Crippen LogP contribution in [0.15, 0.2) is 41.3 Å². The van der Waals surface area contributed by atoms with Gasteiger partial charge in [0.05, 0.1) is 11.1 Å². The van der Waals surface area contributed by atoms with Crippen molar-refractivity contribution in [2.75, 3.05) is 13.2 Å². The molecule has 3 aromatic rings. The van der Waals surface area contributed by atoms with Gasteiger partial charge in [0.2, 0.25) is 0 Å². The molecule has 0 radical (unpaired) electrons. The molecule has 2 heterocycles. The van der Waals surface area contributed by atoms with Crippen molar-refractivity contribution in [1.82, 2.24) is 14.5 Å². The van der Waals surface area contributed by atoms with Crippen molar-refractivity contribution in [3.63, 3.8) is 0 Å². The standard InChI is InChI=1S/C16H12F5N3O3/c17-12(18)7-26-15-23-13-11(5-6-22-13)14(25)24(15)9-1-3-10(4-2-9)27-8-16(19,20)21/h1-6,12,22H,7-8H2. The maximum atomic E-state index is 12.7. The first-order chi connectivity index (χ1) is 12.7. The number of rotatable bonds is 6. The smallest absolute Gasteiger partial charge is 0.422 e. The van der Waals surface area contributed by atoms with Crippen LogP contribution in [0.3, 0.4) is 0 Å². The number of nitrogens with zero attached hydrogens (tertiary/aromatic N) is 2. The Kier molecular flexibility index (Phi) is 5.02. The fourth-order valence-corrected chi connectivity index (χ4v) is 2.30. The van der Waals surface area contributed by atoms with Crippen LogP contribution < -0.4 is 15.0 Å². The lowest BCUT2D eigenvalue weighted by Gasteiger charge is -2.14. The van der Waals surface area contributed by atoms with Gasteiger partial charge < -0.3 is 14.5 Å². The highest BCUT2D eigenvalue weighted by Crippen LogP contribution is 2.22. The predicted octanol–water partition coefficient (Wildman–Crippen LogP) is 3.30. The maximum Gasteiger partial charge on any atom is 0.422 e. The van der Waals surface area contributed by atoms with E-state index >= 15 is 0 Å². The second-order valence-electron chi connectivity index (χ2n) is 5.37. The number of halogens is 5. The molecule has 0 atom stereocenters. The molecule has 27 heavy (non-hydrogen) atoms. The summed E-state index contributed by atoms with van der Waals surface area (Å²) in [6, 6.07) is 6.10. The Bertz CT molecular complexity index is 980. The van der Waals surface area contributed by atoms with Crippen molar-refractivity contribution in [2.24, 2.45) is 0 Å². The highest BCUT2D eigenvalue weighted by atomic mass is 19.4. The molecule has 0 unspecified atom stereocenters. The number of hydrogen-bond donors (Lipinski definition) is 1. The summed E-state index contributed by atoms with van der Waals surface area (Å²) in [4.78, 5) is 19.3. The monoisotopic (exact) mass is 389 g/mol. The van der Waals surface area contributed by atoms with Gasteiger partial charge in [-0.2, -0.15) is 18.2 Å². The molecule has 0 aliphatic carbocycles. The van der Waals surface area contributed by atoms with Gasteiger partial charge in [0.1, 0.15) is 11.4 Å². The van der Waals surface area contributed by atoms with E-state index < -0.39 is 31.4 Å². The van der Waals surface area contributed by atoms with Crippen molar-refractivity contribution in [1.29, 1.82) is 0 Å². The molecule has 11 heteroatoms. The van der Waals surface area contributed by atoms with Gasteiger partial charge in [-0.05, 0) is 30.3 Å². The van der Waals surface area contributed by atoms with E-state index in [1.165, 1.54) is 36.5 Å². The number of benzene rings is 1. The number of aromatic amines is 1. The predicted molar refractivity (Wildman–Crippen MR) is 84.7 cm³/mol. The SMILES string of the molecule is O=c1c2cc[nH]c2nc(OCC(F)F)n1-c1ccc(OCC(F)(F)F)cc1. The molecule has 0 bridgehead atoms. The molecule has 0 saturated heterocycles. The van der Waals surface area contributed by atoms with Crippen molar-refractivity contribution >= 4 is 11.0 Å². The summed E-state index contributed by atoms with van der Waals surface area (Å²) < 4.78 is 72.1. The van der Waals surface area contributed by atoms with Crippen LogP contribution in [-0.2, 0) is 0 Å². The Labute approximate surface area is 148 Å². The molecule has 6 nitrogen and oxygen atoms in total. The molecule has 1 aromatic carbocycles. The molecule has 0 amide bonds. The minimum atomic E-state index is -4.49. The zero-order valence-corrected chi connectivity index (χ0v) is 13.5. The second kappa shape index (κ2) is 7.25. The normalized spacial score (nSPS) is 11.9. The van der Waals surface area contributed by atoms with Gasteiger partial charge in [-0.15, -0.1) is 0 Å². The van der Waals surface area contributed by atoms with Crippen molar-refractivity contribution < 1.29 is 31.4 Å². The number of alkyl halides is 5. The first kappa shape index (κ1) is 18.7. The largest absolute Gasteiger partial charge is 0.484 e. The second-order valence-corrected chi connectivity index (χ2v) is 5.37. The Morgan fingerprint density at radius 1 is 1.11 bits per heavy atom. The molecule has 144 valence electrons. The molecule has 0 aliphatic heterocycles. The fourth-order valence-electron chi connectivity index (χ4n) is 2.30. The zero-order valence-electron chi connectivity index (χ0n) is 13.5. The van der Waals surface area contributed by atoms with Crippen molar-refractivity contribution in [2.45, 2.75) is 12.6 Å². The van der Waals surface area contributed by atoms with Crippen LogP contribution in [0.2, 0.25) is 0 Å². The van der Waals surface area contributed by atoms with Crippen molar-refractivity contribution in [3.8, 4) is 17.4 Å². The van der Waals surface area contributed by atoms with Crippen LogP contribution in [0.1, 0.15) is 0 Å². The van der Waals surface area contributed by atoms with Crippen LogP contribution in [0, 0.1) is 0 Å². The minimum absolute atomic E-state index is 0.0742. The summed E-state index contributed by atoms with van der Waals surface area (Å²) >= 11 is 0. The Balaban J connectivity index is 1.98. The Morgan fingerprint density at radius 3 is 2.44 bits per heavy atom. The number of ether oxygens (including phenoxy) is 2. The third-order valence-corrected chi connectivity index (χ3v) is 3.39. The zero-order chi connectivity index (χ0) is 19.6. The van der Waals surface area contributed by atoms with Crippen LogP contribution >= 0.6 is 0 Å². The highest BCUT2D eigenvalue weighted by Gasteiger charge is 2.28. The molecular weight excluding hydrogens is 377 g/mol. The summed E-state index contributed by atoms with van der Waals surface area (Å²) in [5.41, 5.74) is -0.264. The molecule has 3 rings (SSSR count). The highest BCUT2D eigenvalue weighted by molar-refractivity contribution is 5.75. The van der Waals surface area contributed by atoms with Gasteiger partial charge in [-0.3, -0.25) is 4.79 Å². The molecule has 0 aliphatic rings. The molecule has 0 fully saturated rings. The lowest BCUT2D eigenvalue weighted by Crippen LogP contribution is -2.23. The van der Waals surface area contributed by atoms with Crippen LogP contribution in [-0.4, -0.2) is 40.4 Å². The number of aromatic nitrogens is 3. The van der Waals surface area contributed by atoms with Gasteiger partial charge in [0.25, 0.3) is 12.0 Å². The van der Waals surface area contributed by atoms with E-state index in [-0.39, 0.29) is 28.5 Å². The topological polar surface area (TPSA) is 69.1 Å². The first-order valence-corrected chi connectivity index (χ1v) is 7.55. The summed E-state index contributed by atoms with van der Waals surface area (Å²) in [6.45, 7) is -2.45. The first-order valence-electron chi connectivity index (χ1n) is 7.55. The fraction of sp³-hybridized carbons (Fsp3) is 0.250. The van der Waals surface area contributed by atoms with Crippen LogP contribution in [0.4, 0.5) is 22.0 Å². The summed E-state index contributed by atoms with van der Waals surface area (Å²) in [7, 11) is 0. The van der Waals surface area contributed by atoms with Gasteiger partial charge >= 0.3 is 12.2 Å². The van der Waals surface area contributed by atoms with E-state index in [4.69, 9.17) is 4.74 Å². The van der Waals surface area contributed by atoms with Gasteiger partial charge in [-0.1, -0.05) is 0 Å². The van der Waals surface area contributed by atoms with E-state index in [1.54, 1.807) is 0 Å². The number of H-pyrrole nitrogens is 1. The molecule has 0 saturated carbocycles. The van der Waals surface area contributed by atoms with E-state index in [9.17, 15) is 26.7 Å².